The lowest BCUT2D eigenvalue weighted by atomic mass is 10.2. The molecule has 0 saturated heterocycles. The second kappa shape index (κ2) is 6.47. The van der Waals surface area contributed by atoms with Crippen LogP contribution < -0.4 is 10.6 Å². The second-order valence-electron chi connectivity index (χ2n) is 3.85. The number of benzene rings is 1. The highest BCUT2D eigenvalue weighted by atomic mass is 35.5. The van der Waals surface area contributed by atoms with Gasteiger partial charge in [0.1, 0.15) is 5.84 Å². The van der Waals surface area contributed by atoms with Crippen LogP contribution in [0.3, 0.4) is 0 Å². The molecule has 0 fully saturated rings. The van der Waals surface area contributed by atoms with Gasteiger partial charge in [-0.15, -0.1) is 0 Å². The number of halogens is 1. The second-order valence-corrected chi connectivity index (χ2v) is 4.25. The Kier molecular flexibility index (Phi) is 5.25. The van der Waals surface area contributed by atoms with E-state index in [-0.39, 0.29) is 5.84 Å². The summed E-state index contributed by atoms with van der Waals surface area (Å²) < 4.78 is 5.00. The minimum Gasteiger partial charge on any atom is -0.385 e. The summed E-state index contributed by atoms with van der Waals surface area (Å²) in [6.07, 6.45) is 0.942. The van der Waals surface area contributed by atoms with E-state index in [1.165, 1.54) is 0 Å². The summed E-state index contributed by atoms with van der Waals surface area (Å²) in [6, 6.07) is 5.40. The molecule has 0 spiro atoms. The molecule has 0 bridgehead atoms. The van der Waals surface area contributed by atoms with Gasteiger partial charge in [0.2, 0.25) is 0 Å². The van der Waals surface area contributed by atoms with Crippen molar-refractivity contribution in [2.24, 2.45) is 5.73 Å². The highest BCUT2D eigenvalue weighted by Crippen LogP contribution is 2.26. The van der Waals surface area contributed by atoms with Crippen LogP contribution in [0.25, 0.3) is 0 Å². The topological polar surface area (TPSA) is 62.3 Å². The van der Waals surface area contributed by atoms with Crippen LogP contribution in [-0.4, -0.2) is 33.1 Å². The van der Waals surface area contributed by atoms with E-state index in [1.54, 1.807) is 19.2 Å². The van der Waals surface area contributed by atoms with E-state index in [2.05, 4.69) is 4.90 Å². The maximum atomic E-state index is 7.33. The summed E-state index contributed by atoms with van der Waals surface area (Å²) in [6.45, 7) is 1.60. The quantitative estimate of drug-likeness (QED) is 0.465. The van der Waals surface area contributed by atoms with Gasteiger partial charge >= 0.3 is 0 Å². The average Bonchev–Trinajstić information content (AvgIpc) is 2.28. The Morgan fingerprint density at radius 3 is 2.76 bits per heavy atom. The van der Waals surface area contributed by atoms with Gasteiger partial charge in [-0.25, -0.2) is 0 Å². The molecular weight excluding hydrogens is 238 g/mol. The van der Waals surface area contributed by atoms with Gasteiger partial charge in [0.05, 0.1) is 10.7 Å². The number of rotatable bonds is 6. The first-order valence-corrected chi connectivity index (χ1v) is 5.78. The van der Waals surface area contributed by atoms with Crippen molar-refractivity contribution in [3.8, 4) is 0 Å². The Balaban J connectivity index is 2.74. The molecule has 0 atom stereocenters. The molecule has 0 aliphatic carbocycles. The molecule has 0 amide bonds. The van der Waals surface area contributed by atoms with Crippen molar-refractivity contribution in [2.45, 2.75) is 6.42 Å². The van der Waals surface area contributed by atoms with Crippen LogP contribution in [0.15, 0.2) is 18.2 Å². The van der Waals surface area contributed by atoms with Crippen LogP contribution in [0, 0.1) is 5.41 Å². The van der Waals surface area contributed by atoms with Crippen molar-refractivity contribution in [3.05, 3.63) is 28.8 Å². The molecule has 0 unspecified atom stereocenters. The number of amidine groups is 1. The first kappa shape index (κ1) is 13.8. The molecule has 17 heavy (non-hydrogen) atoms. The summed E-state index contributed by atoms with van der Waals surface area (Å²) in [5, 5.41) is 7.94. The number of nitrogens with two attached hydrogens (primary N) is 1. The Bertz CT molecular complexity index is 395. The lowest BCUT2D eigenvalue weighted by Crippen LogP contribution is -2.20. The average molecular weight is 256 g/mol. The van der Waals surface area contributed by atoms with Crippen LogP contribution >= 0.6 is 11.6 Å². The molecule has 3 N–H and O–H groups in total. The molecule has 1 rings (SSSR count). The molecule has 0 aliphatic rings. The van der Waals surface area contributed by atoms with Crippen LogP contribution in [0.1, 0.15) is 12.0 Å². The minimum absolute atomic E-state index is 0.0282. The summed E-state index contributed by atoms with van der Waals surface area (Å²) in [4.78, 5) is 2.06. The summed E-state index contributed by atoms with van der Waals surface area (Å²) in [5.74, 6) is 0.0282. The van der Waals surface area contributed by atoms with Crippen molar-refractivity contribution in [2.75, 3.05) is 32.2 Å². The van der Waals surface area contributed by atoms with E-state index in [1.807, 2.05) is 13.1 Å². The standard InChI is InChI=1S/C12H18ClN3O/c1-16(6-3-7-17-2)11-5-4-9(12(14)15)8-10(11)13/h4-5,8H,3,6-7H2,1-2H3,(H3,14,15). The number of ether oxygens (including phenoxy) is 1. The third-order valence-corrected chi connectivity index (χ3v) is 2.81. The molecule has 0 heterocycles. The molecule has 0 aromatic heterocycles. The molecule has 0 radical (unpaired) electrons. The van der Waals surface area contributed by atoms with Gasteiger partial charge in [-0.1, -0.05) is 11.6 Å². The van der Waals surface area contributed by atoms with E-state index in [0.29, 0.717) is 10.6 Å². The predicted octanol–water partition coefficient (Wildman–Crippen LogP) is 2.10. The number of nitrogens with zero attached hydrogens (tertiary/aromatic N) is 1. The monoisotopic (exact) mass is 255 g/mol. The summed E-state index contributed by atoms with van der Waals surface area (Å²) >= 11 is 6.16. The van der Waals surface area contributed by atoms with Crippen molar-refractivity contribution in [1.82, 2.24) is 0 Å². The first-order chi connectivity index (χ1) is 8.06. The SMILES string of the molecule is COCCCN(C)c1ccc(C(=N)N)cc1Cl. The minimum atomic E-state index is 0.0282. The van der Waals surface area contributed by atoms with Gasteiger partial charge in [-0.05, 0) is 24.6 Å². The van der Waals surface area contributed by atoms with Crippen LogP contribution in [0.2, 0.25) is 5.02 Å². The zero-order valence-electron chi connectivity index (χ0n) is 10.2. The number of nitrogens with one attached hydrogen (secondary N) is 1. The molecule has 1 aromatic rings. The zero-order valence-corrected chi connectivity index (χ0v) is 10.9. The largest absolute Gasteiger partial charge is 0.385 e. The Hall–Kier alpha value is -1.26. The lowest BCUT2D eigenvalue weighted by Gasteiger charge is -2.20. The van der Waals surface area contributed by atoms with Crippen molar-refractivity contribution in [3.63, 3.8) is 0 Å². The van der Waals surface area contributed by atoms with E-state index in [9.17, 15) is 0 Å². The number of nitrogen functional groups attached to an aromatic ring is 1. The first-order valence-electron chi connectivity index (χ1n) is 5.40. The van der Waals surface area contributed by atoms with Gasteiger partial charge in [0.15, 0.2) is 0 Å². The highest BCUT2D eigenvalue weighted by Gasteiger charge is 2.07. The third-order valence-electron chi connectivity index (χ3n) is 2.51. The Morgan fingerprint density at radius 2 is 2.24 bits per heavy atom. The van der Waals surface area contributed by atoms with Gasteiger partial charge in [0.25, 0.3) is 0 Å². The Morgan fingerprint density at radius 1 is 1.53 bits per heavy atom. The molecule has 0 aliphatic heterocycles. The van der Waals surface area contributed by atoms with E-state index < -0.39 is 0 Å². The maximum absolute atomic E-state index is 7.33. The summed E-state index contributed by atoms with van der Waals surface area (Å²) in [7, 11) is 3.67. The van der Waals surface area contributed by atoms with Gasteiger partial charge in [-0.2, -0.15) is 0 Å². The van der Waals surface area contributed by atoms with Crippen molar-refractivity contribution >= 4 is 23.1 Å². The summed E-state index contributed by atoms with van der Waals surface area (Å²) in [5.41, 5.74) is 6.98. The van der Waals surface area contributed by atoms with Crippen molar-refractivity contribution < 1.29 is 4.74 Å². The fourth-order valence-corrected chi connectivity index (χ4v) is 1.88. The van der Waals surface area contributed by atoms with Gasteiger partial charge in [0, 0.05) is 32.9 Å². The van der Waals surface area contributed by atoms with Crippen LogP contribution in [0.4, 0.5) is 5.69 Å². The predicted molar refractivity (Wildman–Crippen MR) is 72.2 cm³/mol. The van der Waals surface area contributed by atoms with Gasteiger partial charge in [-0.3, -0.25) is 5.41 Å². The van der Waals surface area contributed by atoms with Crippen LogP contribution in [-0.2, 0) is 4.74 Å². The number of methoxy groups -OCH3 is 1. The highest BCUT2D eigenvalue weighted by molar-refractivity contribution is 6.33. The lowest BCUT2D eigenvalue weighted by molar-refractivity contribution is 0.196. The fraction of sp³-hybridized carbons (Fsp3) is 0.417. The molecule has 1 aromatic carbocycles. The van der Waals surface area contributed by atoms with Gasteiger partial charge < -0.3 is 15.4 Å². The fourth-order valence-electron chi connectivity index (χ4n) is 1.55. The molecule has 5 heteroatoms. The molecular formula is C12H18ClN3O. The smallest absolute Gasteiger partial charge is 0.122 e. The van der Waals surface area contributed by atoms with Crippen molar-refractivity contribution in [1.29, 1.82) is 5.41 Å². The number of hydrogen-bond acceptors (Lipinski definition) is 3. The normalized spacial score (nSPS) is 10.3. The number of anilines is 1. The maximum Gasteiger partial charge on any atom is 0.122 e. The molecule has 94 valence electrons. The Labute approximate surface area is 107 Å². The van der Waals surface area contributed by atoms with E-state index in [0.717, 1.165) is 25.3 Å². The van der Waals surface area contributed by atoms with E-state index in [4.69, 9.17) is 27.5 Å². The van der Waals surface area contributed by atoms with E-state index >= 15 is 0 Å². The van der Waals surface area contributed by atoms with Crippen LogP contribution in [0.5, 0.6) is 0 Å². The third kappa shape index (κ3) is 3.91. The molecule has 4 nitrogen and oxygen atoms in total. The number of hydrogen-bond donors (Lipinski definition) is 2. The zero-order chi connectivity index (χ0) is 12.8. The molecule has 0 saturated carbocycles.